The van der Waals surface area contributed by atoms with E-state index in [2.05, 4.69) is 17.4 Å². The molecule has 7 nitrogen and oxygen atoms in total. The Labute approximate surface area is 212 Å². The van der Waals surface area contributed by atoms with Crippen LogP contribution in [0, 0.1) is 5.92 Å². The maximum Gasteiger partial charge on any atom is 0.246 e. The minimum absolute atomic E-state index is 0.0656. The molecular weight excluding hydrogens is 460 g/mol. The summed E-state index contributed by atoms with van der Waals surface area (Å²) in [6.45, 7) is 6.38. The minimum Gasteiger partial charge on any atom is -0.343 e. The standard InChI is InChI=1S/C27H36N4O3S/c1-19(2)24(29-25(32)20(3)28)27(34)31-18-35-17-23(31)26(33)30(16-22-12-8-5-9-13-22)15-14-21-10-6-4-7-11-21/h4-13,19-20,23-24H,14-18,28H2,1-3H3,(H,29,32)/t20-,23-,24-/m0/s1. The van der Waals surface area contributed by atoms with Gasteiger partial charge in [0.15, 0.2) is 0 Å². The highest BCUT2D eigenvalue weighted by Crippen LogP contribution is 2.25. The number of nitrogens with two attached hydrogens (primary N) is 1. The van der Waals surface area contributed by atoms with E-state index in [-0.39, 0.29) is 23.6 Å². The van der Waals surface area contributed by atoms with Crippen molar-refractivity contribution in [1.29, 1.82) is 0 Å². The molecule has 3 N–H and O–H groups in total. The molecule has 0 unspecified atom stereocenters. The molecule has 0 aliphatic carbocycles. The van der Waals surface area contributed by atoms with Gasteiger partial charge in [0.25, 0.3) is 0 Å². The average Bonchev–Trinajstić information content (AvgIpc) is 3.35. The van der Waals surface area contributed by atoms with Crippen LogP contribution in [0.15, 0.2) is 60.7 Å². The molecule has 0 aromatic heterocycles. The number of amides is 3. The van der Waals surface area contributed by atoms with Crippen LogP contribution in [-0.4, -0.2) is 63.8 Å². The Kier molecular flexibility index (Phi) is 9.74. The van der Waals surface area contributed by atoms with Gasteiger partial charge in [-0.3, -0.25) is 14.4 Å². The molecule has 1 aliphatic heterocycles. The molecule has 1 aliphatic rings. The molecule has 8 heteroatoms. The predicted octanol–water partition coefficient (Wildman–Crippen LogP) is 2.65. The van der Waals surface area contributed by atoms with Crippen LogP contribution in [0.2, 0.25) is 0 Å². The molecule has 188 valence electrons. The van der Waals surface area contributed by atoms with Crippen molar-refractivity contribution in [2.24, 2.45) is 11.7 Å². The first-order valence-electron chi connectivity index (χ1n) is 12.1. The largest absolute Gasteiger partial charge is 0.343 e. The summed E-state index contributed by atoms with van der Waals surface area (Å²) in [4.78, 5) is 43.0. The number of hydrogen-bond acceptors (Lipinski definition) is 5. The fourth-order valence-corrected chi connectivity index (χ4v) is 5.19. The van der Waals surface area contributed by atoms with Gasteiger partial charge in [-0.25, -0.2) is 0 Å². The number of nitrogens with zero attached hydrogens (tertiary/aromatic N) is 2. The van der Waals surface area contributed by atoms with Crippen LogP contribution in [0.1, 0.15) is 31.9 Å². The lowest BCUT2D eigenvalue weighted by Gasteiger charge is -2.33. The summed E-state index contributed by atoms with van der Waals surface area (Å²) in [5.41, 5.74) is 7.91. The molecule has 0 spiro atoms. The lowest BCUT2D eigenvalue weighted by molar-refractivity contribution is -0.146. The highest BCUT2D eigenvalue weighted by atomic mass is 32.2. The van der Waals surface area contributed by atoms with Gasteiger partial charge in [0.1, 0.15) is 12.1 Å². The van der Waals surface area contributed by atoms with Crippen LogP contribution in [0.25, 0.3) is 0 Å². The number of benzene rings is 2. The molecule has 3 amide bonds. The smallest absolute Gasteiger partial charge is 0.246 e. The first-order valence-corrected chi connectivity index (χ1v) is 13.2. The maximum atomic E-state index is 13.8. The van der Waals surface area contributed by atoms with Crippen LogP contribution >= 0.6 is 11.8 Å². The summed E-state index contributed by atoms with van der Waals surface area (Å²) in [5, 5.41) is 2.78. The Hall–Kier alpha value is -2.84. The van der Waals surface area contributed by atoms with Gasteiger partial charge in [0, 0.05) is 18.8 Å². The molecule has 1 fully saturated rings. The van der Waals surface area contributed by atoms with Gasteiger partial charge < -0.3 is 20.9 Å². The maximum absolute atomic E-state index is 13.8. The third kappa shape index (κ3) is 7.32. The monoisotopic (exact) mass is 496 g/mol. The van der Waals surface area contributed by atoms with Gasteiger partial charge in [-0.2, -0.15) is 0 Å². The summed E-state index contributed by atoms with van der Waals surface area (Å²) >= 11 is 1.56. The van der Waals surface area contributed by atoms with Crippen LogP contribution in [-0.2, 0) is 27.3 Å². The summed E-state index contributed by atoms with van der Waals surface area (Å²) in [6, 6.07) is 18.0. The molecule has 1 saturated heterocycles. The fraction of sp³-hybridized carbons (Fsp3) is 0.444. The van der Waals surface area contributed by atoms with Crippen molar-refractivity contribution in [3.8, 4) is 0 Å². The number of nitrogens with one attached hydrogen (secondary N) is 1. The lowest BCUT2D eigenvalue weighted by Crippen LogP contribution is -2.57. The third-order valence-electron chi connectivity index (χ3n) is 6.14. The van der Waals surface area contributed by atoms with Crippen molar-refractivity contribution in [2.45, 2.75) is 51.9 Å². The number of hydrogen-bond donors (Lipinski definition) is 2. The van der Waals surface area contributed by atoms with Crippen LogP contribution < -0.4 is 11.1 Å². The van der Waals surface area contributed by atoms with E-state index in [1.54, 1.807) is 23.6 Å². The first-order chi connectivity index (χ1) is 16.8. The second kappa shape index (κ2) is 12.7. The zero-order valence-corrected chi connectivity index (χ0v) is 21.5. The van der Waals surface area contributed by atoms with E-state index < -0.39 is 18.1 Å². The molecule has 35 heavy (non-hydrogen) atoms. The van der Waals surface area contributed by atoms with Gasteiger partial charge in [-0.15, -0.1) is 11.8 Å². The summed E-state index contributed by atoms with van der Waals surface area (Å²) in [5.74, 6) is 0.145. The SMILES string of the molecule is CC(C)[C@H](NC(=O)[C@H](C)N)C(=O)N1CSC[C@H]1C(=O)N(CCc1ccccc1)Cc1ccccc1. The Morgan fingerprint density at radius 1 is 1.03 bits per heavy atom. The number of thioether (sulfide) groups is 1. The Morgan fingerprint density at radius 3 is 2.20 bits per heavy atom. The van der Waals surface area contributed by atoms with Gasteiger partial charge in [-0.1, -0.05) is 74.5 Å². The topological polar surface area (TPSA) is 95.7 Å². The normalized spacial score (nSPS) is 17.2. The molecule has 0 bridgehead atoms. The van der Waals surface area contributed by atoms with E-state index >= 15 is 0 Å². The Bertz CT molecular complexity index is 984. The van der Waals surface area contributed by atoms with Crippen molar-refractivity contribution in [3.05, 3.63) is 71.8 Å². The van der Waals surface area contributed by atoms with E-state index in [9.17, 15) is 14.4 Å². The highest BCUT2D eigenvalue weighted by molar-refractivity contribution is 7.99. The lowest BCUT2D eigenvalue weighted by atomic mass is 10.0. The summed E-state index contributed by atoms with van der Waals surface area (Å²) < 4.78 is 0. The fourth-order valence-electron chi connectivity index (χ4n) is 4.03. The second-order valence-electron chi connectivity index (χ2n) is 9.32. The van der Waals surface area contributed by atoms with Crippen molar-refractivity contribution < 1.29 is 14.4 Å². The van der Waals surface area contributed by atoms with Crippen molar-refractivity contribution in [1.82, 2.24) is 15.1 Å². The van der Waals surface area contributed by atoms with Gasteiger partial charge in [0.05, 0.1) is 11.9 Å². The zero-order chi connectivity index (χ0) is 25.4. The van der Waals surface area contributed by atoms with E-state index in [4.69, 9.17) is 5.73 Å². The Balaban J connectivity index is 1.78. The molecule has 2 aromatic rings. The first kappa shape index (κ1) is 26.8. The predicted molar refractivity (Wildman–Crippen MR) is 140 cm³/mol. The highest BCUT2D eigenvalue weighted by Gasteiger charge is 2.40. The molecule has 3 rings (SSSR count). The number of rotatable bonds is 10. The van der Waals surface area contributed by atoms with Crippen molar-refractivity contribution >= 4 is 29.5 Å². The average molecular weight is 497 g/mol. The molecular formula is C27H36N4O3S. The summed E-state index contributed by atoms with van der Waals surface area (Å²) in [6.07, 6.45) is 0.728. The van der Waals surface area contributed by atoms with Gasteiger partial charge in [-0.05, 0) is 30.4 Å². The van der Waals surface area contributed by atoms with Crippen LogP contribution in [0.5, 0.6) is 0 Å². The number of carbonyl (C=O) groups excluding carboxylic acids is 3. The molecule has 0 radical (unpaired) electrons. The number of carbonyl (C=O) groups is 3. The van der Waals surface area contributed by atoms with Crippen LogP contribution in [0.3, 0.4) is 0 Å². The molecule has 2 aromatic carbocycles. The van der Waals surface area contributed by atoms with E-state index in [1.165, 1.54) is 0 Å². The van der Waals surface area contributed by atoms with Crippen LogP contribution in [0.4, 0.5) is 0 Å². The molecule has 0 saturated carbocycles. The van der Waals surface area contributed by atoms with Crippen molar-refractivity contribution in [3.63, 3.8) is 0 Å². The quantitative estimate of drug-likeness (QED) is 0.527. The van der Waals surface area contributed by atoms with E-state index in [0.717, 1.165) is 17.5 Å². The second-order valence-corrected chi connectivity index (χ2v) is 10.3. The van der Waals surface area contributed by atoms with E-state index in [0.29, 0.717) is 24.7 Å². The van der Waals surface area contributed by atoms with Gasteiger partial charge in [0.2, 0.25) is 17.7 Å². The van der Waals surface area contributed by atoms with Gasteiger partial charge >= 0.3 is 0 Å². The summed E-state index contributed by atoms with van der Waals surface area (Å²) in [7, 11) is 0. The third-order valence-corrected chi connectivity index (χ3v) is 7.15. The molecule has 3 atom stereocenters. The Morgan fingerprint density at radius 2 is 1.63 bits per heavy atom. The molecule has 1 heterocycles. The minimum atomic E-state index is -0.727. The zero-order valence-electron chi connectivity index (χ0n) is 20.7. The van der Waals surface area contributed by atoms with E-state index in [1.807, 2.05) is 67.3 Å². The van der Waals surface area contributed by atoms with Crippen molar-refractivity contribution in [2.75, 3.05) is 18.2 Å².